The third-order valence-electron chi connectivity index (χ3n) is 0.956. The van der Waals surface area contributed by atoms with Gasteiger partial charge in [-0.3, -0.25) is 0 Å². The Kier molecular flexibility index (Phi) is 2.03. The van der Waals surface area contributed by atoms with E-state index < -0.39 is 8.07 Å². The SMILES string of the molecule is [CH]=C[Si](C)(C)C=C. The van der Waals surface area contributed by atoms with Crippen LogP contribution in [0, 0.1) is 6.58 Å². The Labute approximate surface area is 46.6 Å². The van der Waals surface area contributed by atoms with Crippen LogP contribution in [0.5, 0.6) is 0 Å². The van der Waals surface area contributed by atoms with E-state index in [-0.39, 0.29) is 0 Å². The first-order valence-corrected chi connectivity index (χ1v) is 5.47. The molecular formula is C6H11Si. The molecular weight excluding hydrogens is 100 g/mol. The molecule has 1 radical (unpaired) electrons. The highest BCUT2D eigenvalue weighted by Crippen LogP contribution is 2.01. The Morgan fingerprint density at radius 1 is 1.57 bits per heavy atom. The van der Waals surface area contributed by atoms with Crippen molar-refractivity contribution >= 4 is 8.07 Å². The molecule has 0 saturated heterocycles. The van der Waals surface area contributed by atoms with Crippen molar-refractivity contribution in [1.82, 2.24) is 0 Å². The summed E-state index contributed by atoms with van der Waals surface area (Å²) < 4.78 is 0. The van der Waals surface area contributed by atoms with Crippen LogP contribution in [-0.4, -0.2) is 8.07 Å². The van der Waals surface area contributed by atoms with Gasteiger partial charge in [0.15, 0.2) is 0 Å². The first kappa shape index (κ1) is 6.70. The Hall–Kier alpha value is -0.303. The molecule has 0 aliphatic carbocycles. The quantitative estimate of drug-likeness (QED) is 0.478. The van der Waals surface area contributed by atoms with Crippen molar-refractivity contribution in [3.05, 3.63) is 24.6 Å². The van der Waals surface area contributed by atoms with Gasteiger partial charge in [0.25, 0.3) is 0 Å². The summed E-state index contributed by atoms with van der Waals surface area (Å²) in [5, 5.41) is 0. The Morgan fingerprint density at radius 3 is 2.00 bits per heavy atom. The molecule has 7 heavy (non-hydrogen) atoms. The first-order chi connectivity index (χ1) is 3.12. The molecule has 0 N–H and O–H groups in total. The van der Waals surface area contributed by atoms with E-state index in [0.29, 0.717) is 0 Å². The second-order valence-electron chi connectivity index (χ2n) is 2.19. The van der Waals surface area contributed by atoms with Crippen LogP contribution in [-0.2, 0) is 0 Å². The van der Waals surface area contributed by atoms with Gasteiger partial charge < -0.3 is 0 Å². The molecule has 39 valence electrons. The normalized spacial score (nSPS) is 10.6. The third-order valence-corrected chi connectivity index (χ3v) is 2.87. The van der Waals surface area contributed by atoms with E-state index in [0.717, 1.165) is 0 Å². The van der Waals surface area contributed by atoms with Gasteiger partial charge in [0.1, 0.15) is 0 Å². The number of hydrogen-bond donors (Lipinski definition) is 0. The zero-order valence-electron chi connectivity index (χ0n) is 4.94. The predicted molar refractivity (Wildman–Crippen MR) is 36.5 cm³/mol. The van der Waals surface area contributed by atoms with Gasteiger partial charge in [-0.05, 0) is 0 Å². The molecule has 1 heteroatoms. The van der Waals surface area contributed by atoms with Crippen LogP contribution in [0.25, 0.3) is 0 Å². The minimum Gasteiger partial charge on any atom is -0.107 e. The van der Waals surface area contributed by atoms with Crippen LogP contribution < -0.4 is 0 Å². The summed E-state index contributed by atoms with van der Waals surface area (Å²) in [6.45, 7) is 13.2. The van der Waals surface area contributed by atoms with Crippen LogP contribution in [0.4, 0.5) is 0 Å². The second-order valence-corrected chi connectivity index (χ2v) is 6.58. The van der Waals surface area contributed by atoms with Crippen LogP contribution in [0.15, 0.2) is 18.0 Å². The van der Waals surface area contributed by atoms with Gasteiger partial charge in [-0.25, -0.2) is 0 Å². The third kappa shape index (κ3) is 2.40. The molecule has 0 rings (SSSR count). The average Bonchev–Trinajstić information content (AvgIpc) is 1.68. The molecule has 0 spiro atoms. The van der Waals surface area contributed by atoms with Crippen LogP contribution in [0.2, 0.25) is 13.1 Å². The second kappa shape index (κ2) is 2.12. The fourth-order valence-electron chi connectivity index (χ4n) is 0.0680. The van der Waals surface area contributed by atoms with Crippen molar-refractivity contribution in [3.8, 4) is 0 Å². The lowest BCUT2D eigenvalue weighted by Gasteiger charge is -2.07. The summed E-state index contributed by atoms with van der Waals surface area (Å²) in [5.41, 5.74) is 3.72. The zero-order valence-corrected chi connectivity index (χ0v) is 5.94. The lowest BCUT2D eigenvalue weighted by Crippen LogP contribution is -2.17. The van der Waals surface area contributed by atoms with Crippen molar-refractivity contribution in [3.63, 3.8) is 0 Å². The van der Waals surface area contributed by atoms with Gasteiger partial charge in [0, 0.05) is 0 Å². The first-order valence-electron chi connectivity index (χ1n) is 2.32. The van der Waals surface area contributed by atoms with Crippen molar-refractivity contribution in [2.75, 3.05) is 0 Å². The predicted octanol–water partition coefficient (Wildman–Crippen LogP) is 1.95. The molecule has 0 nitrogen and oxygen atoms in total. The minimum absolute atomic E-state index is 1.23. The van der Waals surface area contributed by atoms with E-state index in [2.05, 4.69) is 19.7 Å². The van der Waals surface area contributed by atoms with Gasteiger partial charge in [-0.2, -0.15) is 0 Å². The van der Waals surface area contributed by atoms with Crippen LogP contribution in [0.3, 0.4) is 0 Å². The van der Waals surface area contributed by atoms with Gasteiger partial charge in [0.2, 0.25) is 0 Å². The van der Waals surface area contributed by atoms with E-state index in [1.165, 1.54) is 0 Å². The molecule has 0 aliphatic rings. The van der Waals surface area contributed by atoms with Gasteiger partial charge in [-0.1, -0.05) is 31.1 Å². The Morgan fingerprint density at radius 2 is 2.00 bits per heavy atom. The average molecular weight is 111 g/mol. The largest absolute Gasteiger partial charge is 0.107 e. The van der Waals surface area contributed by atoms with Gasteiger partial charge in [0.05, 0.1) is 8.07 Å². The zero-order chi connectivity index (χ0) is 5.91. The monoisotopic (exact) mass is 111 g/mol. The van der Waals surface area contributed by atoms with E-state index in [9.17, 15) is 0 Å². The molecule has 0 aromatic carbocycles. The maximum absolute atomic E-state index is 5.28. The molecule has 0 aromatic heterocycles. The van der Waals surface area contributed by atoms with E-state index in [1.54, 1.807) is 5.70 Å². The van der Waals surface area contributed by atoms with Gasteiger partial charge >= 0.3 is 0 Å². The van der Waals surface area contributed by atoms with Crippen LogP contribution in [0.1, 0.15) is 0 Å². The molecule has 0 saturated carbocycles. The summed E-state index contributed by atoms with van der Waals surface area (Å²) in [6.07, 6.45) is 0. The molecule has 0 aromatic rings. The minimum atomic E-state index is -1.23. The summed E-state index contributed by atoms with van der Waals surface area (Å²) in [4.78, 5) is 0. The molecule has 0 bridgehead atoms. The van der Waals surface area contributed by atoms with E-state index in [4.69, 9.17) is 6.58 Å². The fourth-order valence-corrected chi connectivity index (χ4v) is 0.204. The van der Waals surface area contributed by atoms with Crippen molar-refractivity contribution in [2.24, 2.45) is 0 Å². The molecule has 0 unspecified atom stereocenters. The maximum Gasteiger partial charge on any atom is 0.0948 e. The molecule has 0 aliphatic heterocycles. The molecule has 0 fully saturated rings. The highest BCUT2D eigenvalue weighted by atomic mass is 28.3. The fraction of sp³-hybridized carbons (Fsp3) is 0.333. The van der Waals surface area contributed by atoms with Gasteiger partial charge in [-0.15, -0.1) is 6.58 Å². The summed E-state index contributed by atoms with van der Waals surface area (Å²) in [6, 6.07) is 0. The lowest BCUT2D eigenvalue weighted by atomic mass is 11.2. The smallest absolute Gasteiger partial charge is 0.0948 e. The lowest BCUT2D eigenvalue weighted by molar-refractivity contribution is 1.86. The Bertz CT molecular complexity index is 72.2. The topological polar surface area (TPSA) is 0 Å². The summed E-state index contributed by atoms with van der Waals surface area (Å²) >= 11 is 0. The summed E-state index contributed by atoms with van der Waals surface area (Å²) in [5.74, 6) is 0. The Balaban J connectivity index is 3.82. The molecule has 0 atom stereocenters. The number of rotatable bonds is 2. The standard InChI is InChI=1S/C6H11Si/c1-5-7(3,4)6-2/h1,5-6H,2H2,3-4H3. The van der Waals surface area contributed by atoms with Crippen LogP contribution >= 0.6 is 0 Å². The van der Waals surface area contributed by atoms with E-state index in [1.807, 2.05) is 5.70 Å². The van der Waals surface area contributed by atoms with E-state index >= 15 is 0 Å². The highest BCUT2D eigenvalue weighted by Gasteiger charge is 2.07. The summed E-state index contributed by atoms with van der Waals surface area (Å²) in [7, 11) is -1.23. The highest BCUT2D eigenvalue weighted by molar-refractivity contribution is 6.86. The molecule has 0 heterocycles. The molecule has 0 amide bonds. The maximum atomic E-state index is 5.28. The van der Waals surface area contributed by atoms with Crippen molar-refractivity contribution in [1.29, 1.82) is 0 Å². The van der Waals surface area contributed by atoms with Crippen molar-refractivity contribution in [2.45, 2.75) is 13.1 Å². The number of hydrogen-bond acceptors (Lipinski definition) is 0. The van der Waals surface area contributed by atoms with Crippen molar-refractivity contribution < 1.29 is 0 Å².